The fraction of sp³-hybridized carbons (Fsp3) is 0.111. The van der Waals surface area contributed by atoms with Crippen LogP contribution < -0.4 is 5.32 Å². The van der Waals surface area contributed by atoms with Crippen molar-refractivity contribution in [3.05, 3.63) is 66.4 Å². The van der Waals surface area contributed by atoms with E-state index >= 15 is 0 Å². The molecule has 0 saturated heterocycles. The normalized spacial score (nSPS) is 10.4. The van der Waals surface area contributed by atoms with Crippen LogP contribution in [0.2, 0.25) is 0 Å². The Kier molecular flexibility index (Phi) is 4.01. The molecule has 4 nitrogen and oxygen atoms in total. The van der Waals surface area contributed by atoms with Gasteiger partial charge in [0.05, 0.1) is 19.0 Å². The summed E-state index contributed by atoms with van der Waals surface area (Å²) in [5.41, 5.74) is 3.87. The van der Waals surface area contributed by atoms with Crippen LogP contribution in [0, 0.1) is 0 Å². The van der Waals surface area contributed by atoms with Crippen molar-refractivity contribution in [1.82, 2.24) is 4.98 Å². The topological polar surface area (TPSA) is 51.2 Å². The van der Waals surface area contributed by atoms with Crippen molar-refractivity contribution in [2.45, 2.75) is 6.42 Å². The fourth-order valence-corrected chi connectivity index (χ4v) is 2.26. The Morgan fingerprint density at radius 3 is 2.64 bits per heavy atom. The van der Waals surface area contributed by atoms with Crippen LogP contribution in [0.5, 0.6) is 0 Å². The maximum Gasteiger partial charge on any atom is 0.309 e. The number of fused-ring (bicyclic) bond motifs is 1. The number of aromatic nitrogens is 1. The molecule has 0 fully saturated rings. The Morgan fingerprint density at radius 2 is 1.86 bits per heavy atom. The summed E-state index contributed by atoms with van der Waals surface area (Å²) >= 11 is 0. The average molecular weight is 292 g/mol. The van der Waals surface area contributed by atoms with Crippen molar-refractivity contribution < 1.29 is 9.53 Å². The van der Waals surface area contributed by atoms with Gasteiger partial charge in [0, 0.05) is 23.0 Å². The second-order valence-electron chi connectivity index (χ2n) is 4.99. The number of esters is 1. The SMILES string of the molecule is COC(=O)Cc1ccc(Nc2ccc3ncccc3c2)cc1. The molecule has 0 amide bonds. The van der Waals surface area contributed by atoms with Gasteiger partial charge in [-0.15, -0.1) is 0 Å². The van der Waals surface area contributed by atoms with Gasteiger partial charge >= 0.3 is 5.97 Å². The second-order valence-corrected chi connectivity index (χ2v) is 4.99. The number of carbonyl (C=O) groups is 1. The number of methoxy groups -OCH3 is 1. The minimum atomic E-state index is -0.234. The van der Waals surface area contributed by atoms with E-state index in [1.807, 2.05) is 48.5 Å². The average Bonchev–Trinajstić information content (AvgIpc) is 2.56. The first-order chi connectivity index (χ1) is 10.7. The number of hydrogen-bond acceptors (Lipinski definition) is 4. The first-order valence-corrected chi connectivity index (χ1v) is 7.02. The van der Waals surface area contributed by atoms with Crippen molar-refractivity contribution in [2.75, 3.05) is 12.4 Å². The third-order valence-corrected chi connectivity index (χ3v) is 3.42. The number of benzene rings is 2. The highest BCUT2D eigenvalue weighted by atomic mass is 16.5. The zero-order chi connectivity index (χ0) is 15.4. The van der Waals surface area contributed by atoms with Gasteiger partial charge < -0.3 is 10.1 Å². The van der Waals surface area contributed by atoms with E-state index < -0.39 is 0 Å². The molecule has 0 unspecified atom stereocenters. The van der Waals surface area contributed by atoms with Crippen molar-refractivity contribution >= 4 is 28.2 Å². The van der Waals surface area contributed by atoms with Gasteiger partial charge in [-0.3, -0.25) is 9.78 Å². The summed E-state index contributed by atoms with van der Waals surface area (Å²) in [5.74, 6) is -0.234. The fourth-order valence-electron chi connectivity index (χ4n) is 2.26. The predicted molar refractivity (Wildman–Crippen MR) is 87.2 cm³/mol. The largest absolute Gasteiger partial charge is 0.469 e. The Balaban J connectivity index is 1.75. The Hall–Kier alpha value is -2.88. The number of carbonyl (C=O) groups excluding carboxylic acids is 1. The molecule has 0 atom stereocenters. The molecule has 0 radical (unpaired) electrons. The molecule has 0 aliphatic carbocycles. The van der Waals surface area contributed by atoms with E-state index in [0.29, 0.717) is 6.42 Å². The van der Waals surface area contributed by atoms with Crippen LogP contribution in [-0.2, 0) is 16.0 Å². The quantitative estimate of drug-likeness (QED) is 0.745. The zero-order valence-corrected chi connectivity index (χ0v) is 12.2. The molecule has 3 aromatic rings. The third kappa shape index (κ3) is 3.23. The van der Waals surface area contributed by atoms with E-state index in [0.717, 1.165) is 27.8 Å². The Morgan fingerprint density at radius 1 is 1.09 bits per heavy atom. The van der Waals surface area contributed by atoms with Gasteiger partial charge in [0.1, 0.15) is 0 Å². The summed E-state index contributed by atoms with van der Waals surface area (Å²) in [7, 11) is 1.40. The first kappa shape index (κ1) is 14.1. The molecule has 1 aromatic heterocycles. The molecule has 2 aromatic carbocycles. The predicted octanol–water partition coefficient (Wildman–Crippen LogP) is 3.69. The lowest BCUT2D eigenvalue weighted by molar-refractivity contribution is -0.139. The van der Waals surface area contributed by atoms with Crippen molar-refractivity contribution in [3.8, 4) is 0 Å². The number of nitrogens with zero attached hydrogens (tertiary/aromatic N) is 1. The van der Waals surface area contributed by atoms with Crippen LogP contribution in [0.1, 0.15) is 5.56 Å². The van der Waals surface area contributed by atoms with E-state index in [2.05, 4.69) is 21.1 Å². The van der Waals surface area contributed by atoms with E-state index in [-0.39, 0.29) is 5.97 Å². The van der Waals surface area contributed by atoms with Crippen LogP contribution in [0.15, 0.2) is 60.8 Å². The maximum atomic E-state index is 11.2. The Bertz CT molecular complexity index is 798. The number of hydrogen-bond donors (Lipinski definition) is 1. The van der Waals surface area contributed by atoms with Gasteiger partial charge in [-0.1, -0.05) is 18.2 Å². The molecule has 110 valence electrons. The molecule has 0 bridgehead atoms. The minimum Gasteiger partial charge on any atom is -0.469 e. The molecule has 3 rings (SSSR count). The number of anilines is 2. The summed E-state index contributed by atoms with van der Waals surface area (Å²) in [5, 5.41) is 4.44. The lowest BCUT2D eigenvalue weighted by atomic mass is 10.1. The highest BCUT2D eigenvalue weighted by Gasteiger charge is 2.03. The number of nitrogens with one attached hydrogen (secondary N) is 1. The third-order valence-electron chi connectivity index (χ3n) is 3.42. The van der Waals surface area contributed by atoms with Gasteiger partial charge in [-0.05, 0) is 42.0 Å². The molecule has 1 N–H and O–H groups in total. The summed E-state index contributed by atoms with van der Waals surface area (Å²) in [6.45, 7) is 0. The number of rotatable bonds is 4. The smallest absolute Gasteiger partial charge is 0.309 e. The van der Waals surface area contributed by atoms with E-state index in [1.165, 1.54) is 7.11 Å². The van der Waals surface area contributed by atoms with Crippen molar-refractivity contribution in [1.29, 1.82) is 0 Å². The van der Waals surface area contributed by atoms with E-state index in [4.69, 9.17) is 0 Å². The molecule has 0 saturated carbocycles. The summed E-state index contributed by atoms with van der Waals surface area (Å²) < 4.78 is 4.66. The molecule has 4 heteroatoms. The number of pyridine rings is 1. The van der Waals surface area contributed by atoms with Gasteiger partial charge in [0.15, 0.2) is 0 Å². The van der Waals surface area contributed by atoms with E-state index in [1.54, 1.807) is 6.20 Å². The first-order valence-electron chi connectivity index (χ1n) is 7.02. The van der Waals surface area contributed by atoms with Gasteiger partial charge in [-0.25, -0.2) is 0 Å². The molecule has 1 heterocycles. The monoisotopic (exact) mass is 292 g/mol. The van der Waals surface area contributed by atoms with Gasteiger partial charge in [0.2, 0.25) is 0 Å². The molecule has 0 aliphatic heterocycles. The zero-order valence-electron chi connectivity index (χ0n) is 12.2. The summed E-state index contributed by atoms with van der Waals surface area (Å²) in [6.07, 6.45) is 2.08. The lowest BCUT2D eigenvalue weighted by Crippen LogP contribution is -2.04. The van der Waals surface area contributed by atoms with Gasteiger partial charge in [-0.2, -0.15) is 0 Å². The minimum absolute atomic E-state index is 0.234. The van der Waals surface area contributed by atoms with Crippen molar-refractivity contribution in [2.24, 2.45) is 0 Å². The highest BCUT2D eigenvalue weighted by Crippen LogP contribution is 2.21. The van der Waals surface area contributed by atoms with Crippen molar-refractivity contribution in [3.63, 3.8) is 0 Å². The molecular formula is C18H16N2O2. The second kappa shape index (κ2) is 6.26. The Labute approximate surface area is 128 Å². The van der Waals surface area contributed by atoms with Crippen LogP contribution in [0.3, 0.4) is 0 Å². The van der Waals surface area contributed by atoms with Crippen LogP contribution >= 0.6 is 0 Å². The molecule has 0 aliphatic rings. The summed E-state index contributed by atoms with van der Waals surface area (Å²) in [6, 6.07) is 17.7. The maximum absolute atomic E-state index is 11.2. The van der Waals surface area contributed by atoms with Gasteiger partial charge in [0.25, 0.3) is 0 Å². The molecule has 22 heavy (non-hydrogen) atoms. The standard InChI is InChI=1S/C18H16N2O2/c1-22-18(21)11-13-4-6-15(7-5-13)20-16-8-9-17-14(12-16)3-2-10-19-17/h2-10,12,20H,11H2,1H3. The highest BCUT2D eigenvalue weighted by molar-refractivity contribution is 5.83. The van der Waals surface area contributed by atoms with E-state index in [9.17, 15) is 4.79 Å². The lowest BCUT2D eigenvalue weighted by Gasteiger charge is -2.08. The van der Waals surface area contributed by atoms with Crippen LogP contribution in [-0.4, -0.2) is 18.1 Å². The molecular weight excluding hydrogens is 276 g/mol. The summed E-state index contributed by atoms with van der Waals surface area (Å²) in [4.78, 5) is 15.5. The van der Waals surface area contributed by atoms with Crippen LogP contribution in [0.25, 0.3) is 10.9 Å². The number of ether oxygens (including phenoxy) is 1. The van der Waals surface area contributed by atoms with Crippen LogP contribution in [0.4, 0.5) is 11.4 Å². The molecule has 0 spiro atoms.